The van der Waals surface area contributed by atoms with Crippen LogP contribution in [0.25, 0.3) is 12.2 Å². The quantitative estimate of drug-likeness (QED) is 0.0783. The molecule has 0 spiro atoms. The van der Waals surface area contributed by atoms with E-state index in [0.717, 1.165) is 0 Å². The molecule has 0 aliphatic carbocycles. The van der Waals surface area contributed by atoms with Gasteiger partial charge in [0.25, 0.3) is 0 Å². The highest BCUT2D eigenvalue weighted by Gasteiger charge is 2.49. The van der Waals surface area contributed by atoms with Crippen molar-refractivity contribution < 1.29 is 94.8 Å². The Hall–Kier alpha value is -7.14. The summed E-state index contributed by atoms with van der Waals surface area (Å²) in [7, 11) is 0. The Morgan fingerprint density at radius 3 is 1.44 bits per heavy atom. The van der Waals surface area contributed by atoms with Gasteiger partial charge in [-0.3, -0.25) is 0 Å². The Bertz CT molecular complexity index is 2960. The summed E-state index contributed by atoms with van der Waals surface area (Å²) >= 11 is 0. The first-order valence-corrected chi connectivity index (χ1v) is 23.3. The number of phenolic OH excluding ortho intramolecular Hbond substituents is 5. The monoisotopic (exact) mass is 1000 g/mol. The van der Waals surface area contributed by atoms with Gasteiger partial charge in [-0.1, -0.05) is 48.6 Å². The van der Waals surface area contributed by atoms with Gasteiger partial charge in [-0.15, -0.1) is 0 Å². The average molecular weight is 1000 g/mol. The number of benzene rings is 6. The summed E-state index contributed by atoms with van der Waals surface area (Å²) in [5, 5.41) is 138. The number of aromatic hydroxyl groups is 5. The molecule has 0 unspecified atom stereocenters. The van der Waals surface area contributed by atoms with Crippen LogP contribution in [0.3, 0.4) is 0 Å². The summed E-state index contributed by atoms with van der Waals surface area (Å²) in [6, 6.07) is 29.4. The lowest BCUT2D eigenvalue weighted by Gasteiger charge is -2.39. The second-order valence-corrected chi connectivity index (χ2v) is 18.4. The molecule has 4 aliphatic heterocycles. The maximum absolute atomic E-state index is 11.5. The molecule has 14 atom stereocenters. The molecule has 4 heterocycles. The first-order chi connectivity index (χ1) is 35.1. The van der Waals surface area contributed by atoms with Crippen LogP contribution in [0.15, 0.2) is 115 Å². The van der Waals surface area contributed by atoms with E-state index in [1.807, 2.05) is 0 Å². The molecule has 0 bridgehead atoms. The van der Waals surface area contributed by atoms with Crippen LogP contribution in [-0.2, 0) is 9.47 Å². The predicted molar refractivity (Wildman–Crippen MR) is 255 cm³/mol. The molecule has 0 saturated carbocycles. The van der Waals surface area contributed by atoms with Gasteiger partial charge in [0, 0.05) is 29.3 Å². The molecule has 0 amide bonds. The van der Waals surface area contributed by atoms with E-state index in [9.17, 15) is 66.4 Å². The molecule has 6 aromatic carbocycles. The van der Waals surface area contributed by atoms with Crippen molar-refractivity contribution in [2.45, 2.75) is 85.5 Å². The van der Waals surface area contributed by atoms with Crippen molar-refractivity contribution in [1.82, 2.24) is 0 Å². The second kappa shape index (κ2) is 20.0. The highest BCUT2D eigenvalue weighted by molar-refractivity contribution is 5.76. The van der Waals surface area contributed by atoms with Crippen LogP contribution in [0.5, 0.6) is 51.7 Å². The summed E-state index contributed by atoms with van der Waals surface area (Å²) in [5.74, 6) is -1.94. The maximum Gasteiger partial charge on any atom is 0.229 e. The molecular formula is C54H52O19. The molecule has 2 saturated heterocycles. The third-order valence-electron chi connectivity index (χ3n) is 13.6. The lowest BCUT2D eigenvalue weighted by atomic mass is 9.75. The van der Waals surface area contributed by atoms with Crippen molar-refractivity contribution in [3.8, 4) is 51.7 Å². The number of aliphatic hydroxyl groups excluding tert-OH is 8. The number of fused-ring (bicyclic) bond motifs is 2. The Labute approximate surface area is 416 Å². The molecule has 382 valence electrons. The summed E-state index contributed by atoms with van der Waals surface area (Å²) in [5.41, 5.74) is 4.08. The van der Waals surface area contributed by atoms with Crippen molar-refractivity contribution >= 4 is 12.2 Å². The minimum Gasteiger partial charge on any atom is -0.508 e. The molecule has 19 heteroatoms. The van der Waals surface area contributed by atoms with Gasteiger partial charge < -0.3 is 94.8 Å². The van der Waals surface area contributed by atoms with Gasteiger partial charge in [-0.05, 0) is 94.0 Å². The van der Waals surface area contributed by atoms with Gasteiger partial charge in [0.2, 0.25) is 12.6 Å². The van der Waals surface area contributed by atoms with E-state index in [1.165, 1.54) is 60.7 Å². The molecule has 2 fully saturated rings. The average Bonchev–Trinajstić information content (AvgIpc) is 3.96. The summed E-state index contributed by atoms with van der Waals surface area (Å²) < 4.78 is 37.6. The van der Waals surface area contributed by atoms with E-state index in [-0.39, 0.29) is 51.7 Å². The largest absolute Gasteiger partial charge is 0.508 e. The Morgan fingerprint density at radius 1 is 0.425 bits per heavy atom. The van der Waals surface area contributed by atoms with Crippen molar-refractivity contribution in [1.29, 1.82) is 0 Å². The standard InChI is InChI=1S/C54H52O19/c55-22-39-45(62)47(64)49(66)53(72-39)68-34-17-28(16-32(60)18-34)42-43-36(20-35(69-54-50(67)48(65)46(63)40(23-56)73-54)21-38(43)71-51(42)25-5-11-30(58)12-6-25)44-41-27(4-1-24-2-9-29(57)10-3-24)15-33(61)19-37(41)70-52(44)26-7-13-31(59)14-8-26/h1-21,39-40,42,44-67H,22-23H2/b4-1+/t39-,40-,42-,44+,45-,46-,47+,48+,49-,50-,51+,52-,53-,54-/m1/s1. The molecule has 6 aromatic rings. The molecule has 10 rings (SSSR count). The molecule has 0 aromatic heterocycles. The first-order valence-electron chi connectivity index (χ1n) is 23.3. The summed E-state index contributed by atoms with van der Waals surface area (Å²) in [6.45, 7) is -1.46. The Kier molecular flexibility index (Phi) is 13.6. The number of phenols is 5. The first kappa shape index (κ1) is 49.4. The van der Waals surface area contributed by atoms with Crippen molar-refractivity contribution in [3.63, 3.8) is 0 Å². The van der Waals surface area contributed by atoms with Gasteiger partial charge in [-0.25, -0.2) is 0 Å². The Balaban J connectivity index is 1.20. The fourth-order valence-corrected chi connectivity index (χ4v) is 10.0. The van der Waals surface area contributed by atoms with E-state index in [2.05, 4.69) is 0 Å². The van der Waals surface area contributed by atoms with Gasteiger partial charge in [0.05, 0.1) is 25.0 Å². The number of rotatable bonds is 12. The highest BCUT2D eigenvalue weighted by Crippen LogP contribution is 2.60. The van der Waals surface area contributed by atoms with Crippen LogP contribution in [0, 0.1) is 0 Å². The predicted octanol–water partition coefficient (Wildman–Crippen LogP) is 3.27. The normalized spacial score (nSPS) is 29.5. The second-order valence-electron chi connectivity index (χ2n) is 18.4. The van der Waals surface area contributed by atoms with E-state index in [4.69, 9.17) is 28.4 Å². The number of aliphatic hydroxyl groups is 8. The van der Waals surface area contributed by atoms with E-state index >= 15 is 0 Å². The van der Waals surface area contributed by atoms with Crippen LogP contribution in [0.4, 0.5) is 0 Å². The third-order valence-corrected chi connectivity index (χ3v) is 13.6. The third kappa shape index (κ3) is 9.55. The lowest BCUT2D eigenvalue weighted by Crippen LogP contribution is -2.60. The van der Waals surface area contributed by atoms with Crippen LogP contribution >= 0.6 is 0 Å². The zero-order valence-electron chi connectivity index (χ0n) is 38.4. The molecule has 0 radical (unpaired) electrons. The molecular weight excluding hydrogens is 953 g/mol. The molecule has 19 nitrogen and oxygen atoms in total. The summed E-state index contributed by atoms with van der Waals surface area (Å²) in [4.78, 5) is 0. The minimum atomic E-state index is -1.82. The van der Waals surface area contributed by atoms with Gasteiger partial charge in [-0.2, -0.15) is 0 Å². The minimum absolute atomic E-state index is 0.00334. The van der Waals surface area contributed by atoms with Crippen molar-refractivity contribution in [3.05, 3.63) is 160 Å². The van der Waals surface area contributed by atoms with Crippen LogP contribution in [-0.4, -0.2) is 141 Å². The molecule has 13 N–H and O–H groups in total. The number of hydrogen-bond acceptors (Lipinski definition) is 19. The van der Waals surface area contributed by atoms with Crippen molar-refractivity contribution in [2.75, 3.05) is 13.2 Å². The number of ether oxygens (including phenoxy) is 6. The zero-order valence-corrected chi connectivity index (χ0v) is 38.4. The van der Waals surface area contributed by atoms with E-state index < -0.39 is 98.7 Å². The van der Waals surface area contributed by atoms with Gasteiger partial charge in [0.1, 0.15) is 113 Å². The van der Waals surface area contributed by atoms with Crippen LogP contribution in [0.2, 0.25) is 0 Å². The SMILES string of the molecule is OC[C@H]1O[C@@H](Oc2cc(O)cc([C@@H]3c4c(cc(O[C@@H]5O[C@H](CO)[C@@H](O)[C@H](O)[C@H]5O)cc4[C@H]4c5c(/C=C/c6ccc(O)cc6)cc(O)cc5O[C@@H]4c4ccc(O)cc4)O[C@H]3c3ccc(O)cc3)c2)[C@H](O)[C@@H](O)[C@@H]1O. The number of hydrogen-bond donors (Lipinski definition) is 13. The summed E-state index contributed by atoms with van der Waals surface area (Å²) in [6.07, 6.45) is -14.8. The highest BCUT2D eigenvalue weighted by atomic mass is 16.7. The molecule has 73 heavy (non-hydrogen) atoms. The molecule has 4 aliphatic rings. The van der Waals surface area contributed by atoms with Crippen LogP contribution in [0.1, 0.15) is 68.6 Å². The van der Waals surface area contributed by atoms with Gasteiger partial charge in [0.15, 0.2) is 0 Å². The van der Waals surface area contributed by atoms with E-state index in [0.29, 0.717) is 44.5 Å². The topological polar surface area (TPSA) is 318 Å². The van der Waals surface area contributed by atoms with E-state index in [1.54, 1.807) is 66.7 Å². The maximum atomic E-state index is 11.5. The fraction of sp³-hybridized carbons (Fsp3) is 0.296. The van der Waals surface area contributed by atoms with Gasteiger partial charge >= 0.3 is 0 Å². The fourth-order valence-electron chi connectivity index (χ4n) is 10.0. The van der Waals surface area contributed by atoms with Crippen LogP contribution < -0.4 is 18.9 Å². The smallest absolute Gasteiger partial charge is 0.229 e. The zero-order chi connectivity index (χ0) is 51.4. The Morgan fingerprint density at radius 2 is 0.904 bits per heavy atom. The lowest BCUT2D eigenvalue weighted by molar-refractivity contribution is -0.277. The van der Waals surface area contributed by atoms with Crippen molar-refractivity contribution in [2.24, 2.45) is 0 Å².